The van der Waals surface area contributed by atoms with Gasteiger partial charge in [0, 0.05) is 12.1 Å². The van der Waals surface area contributed by atoms with Crippen molar-refractivity contribution < 1.29 is 13.2 Å². The van der Waals surface area contributed by atoms with Gasteiger partial charge in [-0.3, -0.25) is 4.79 Å². The molecule has 0 aliphatic heterocycles. The second-order valence-electron chi connectivity index (χ2n) is 4.96. The first kappa shape index (κ1) is 16.5. The van der Waals surface area contributed by atoms with Crippen molar-refractivity contribution in [2.45, 2.75) is 18.7 Å². The molecule has 0 aromatic heterocycles. The lowest BCUT2D eigenvalue weighted by molar-refractivity contribution is -0.125. The molecular formula is C12H17N3O3S2. The summed E-state index contributed by atoms with van der Waals surface area (Å²) < 4.78 is 26.6. The molecule has 6 nitrogen and oxygen atoms in total. The van der Waals surface area contributed by atoms with E-state index in [0.717, 1.165) is 0 Å². The predicted octanol–water partition coefficient (Wildman–Crippen LogP) is 0.111. The van der Waals surface area contributed by atoms with Gasteiger partial charge in [-0.25, -0.2) is 13.1 Å². The Morgan fingerprint density at radius 3 is 2.45 bits per heavy atom. The molecule has 0 spiro atoms. The number of primary amides is 1. The van der Waals surface area contributed by atoms with Crippen LogP contribution >= 0.6 is 12.2 Å². The Balaban J connectivity index is 2.98. The van der Waals surface area contributed by atoms with Gasteiger partial charge in [-0.2, -0.15) is 0 Å². The number of hydrogen-bond donors (Lipinski definition) is 3. The molecule has 0 saturated heterocycles. The normalized spacial score (nSPS) is 12.1. The van der Waals surface area contributed by atoms with E-state index in [1.807, 2.05) is 0 Å². The lowest BCUT2D eigenvalue weighted by Gasteiger charge is -2.20. The molecule has 0 bridgehead atoms. The first-order valence-electron chi connectivity index (χ1n) is 5.76. The third-order valence-electron chi connectivity index (χ3n) is 2.80. The molecule has 0 atom stereocenters. The van der Waals surface area contributed by atoms with Crippen LogP contribution < -0.4 is 16.2 Å². The molecule has 0 saturated carbocycles. The van der Waals surface area contributed by atoms with Gasteiger partial charge in [0.15, 0.2) is 0 Å². The van der Waals surface area contributed by atoms with Crippen molar-refractivity contribution in [3.63, 3.8) is 0 Å². The van der Waals surface area contributed by atoms with Crippen LogP contribution in [0, 0.1) is 5.41 Å². The van der Waals surface area contributed by atoms with Gasteiger partial charge in [0.2, 0.25) is 15.9 Å². The van der Waals surface area contributed by atoms with E-state index in [4.69, 9.17) is 23.7 Å². The minimum Gasteiger partial charge on any atom is -0.389 e. The van der Waals surface area contributed by atoms with E-state index in [2.05, 4.69) is 4.72 Å². The smallest absolute Gasteiger partial charge is 0.240 e. The molecule has 5 N–H and O–H groups in total. The van der Waals surface area contributed by atoms with Crippen LogP contribution in [0.2, 0.25) is 0 Å². The second kappa shape index (κ2) is 5.86. The second-order valence-corrected chi connectivity index (χ2v) is 7.17. The summed E-state index contributed by atoms with van der Waals surface area (Å²) >= 11 is 4.80. The highest BCUT2D eigenvalue weighted by Gasteiger charge is 2.27. The van der Waals surface area contributed by atoms with Crippen LogP contribution in [0.25, 0.3) is 0 Å². The zero-order chi connectivity index (χ0) is 15.6. The SMILES string of the molecule is CC(C)(CNS(=O)(=O)c1cccc(C(N)=S)c1)C(N)=O. The van der Waals surface area contributed by atoms with Crippen LogP contribution in [0.15, 0.2) is 29.2 Å². The number of rotatable bonds is 6. The van der Waals surface area contributed by atoms with E-state index in [-0.39, 0.29) is 16.4 Å². The van der Waals surface area contributed by atoms with Crippen LogP contribution in [-0.2, 0) is 14.8 Å². The number of carbonyl (C=O) groups excluding carboxylic acids is 1. The average Bonchev–Trinajstić information content (AvgIpc) is 2.36. The van der Waals surface area contributed by atoms with Gasteiger partial charge >= 0.3 is 0 Å². The van der Waals surface area contributed by atoms with Crippen molar-refractivity contribution in [1.82, 2.24) is 4.72 Å². The van der Waals surface area contributed by atoms with Crippen LogP contribution in [0.1, 0.15) is 19.4 Å². The molecule has 0 radical (unpaired) electrons. The van der Waals surface area contributed by atoms with Gasteiger partial charge in [0.05, 0.1) is 10.3 Å². The van der Waals surface area contributed by atoms with E-state index < -0.39 is 21.3 Å². The lowest BCUT2D eigenvalue weighted by Crippen LogP contribution is -2.42. The molecule has 0 aliphatic carbocycles. The Kier molecular flexibility index (Phi) is 4.85. The highest BCUT2D eigenvalue weighted by atomic mass is 32.2. The van der Waals surface area contributed by atoms with Crippen molar-refractivity contribution in [2.75, 3.05) is 6.54 Å². The van der Waals surface area contributed by atoms with Crippen LogP contribution in [0.4, 0.5) is 0 Å². The Hall–Kier alpha value is -1.51. The molecule has 0 fully saturated rings. The van der Waals surface area contributed by atoms with E-state index in [9.17, 15) is 13.2 Å². The highest BCUT2D eigenvalue weighted by Crippen LogP contribution is 2.16. The van der Waals surface area contributed by atoms with Gasteiger partial charge in [-0.1, -0.05) is 24.4 Å². The van der Waals surface area contributed by atoms with Gasteiger partial charge < -0.3 is 11.5 Å². The maximum Gasteiger partial charge on any atom is 0.240 e. The summed E-state index contributed by atoms with van der Waals surface area (Å²) in [4.78, 5) is 11.3. The van der Waals surface area contributed by atoms with E-state index in [1.54, 1.807) is 26.0 Å². The fraction of sp³-hybridized carbons (Fsp3) is 0.333. The summed E-state index contributed by atoms with van der Waals surface area (Å²) in [5, 5.41) is 0. The average molecular weight is 315 g/mol. The zero-order valence-electron chi connectivity index (χ0n) is 11.2. The van der Waals surface area contributed by atoms with Crippen LogP contribution in [0.3, 0.4) is 0 Å². The van der Waals surface area contributed by atoms with E-state index in [0.29, 0.717) is 5.56 Å². The molecule has 1 amide bonds. The third kappa shape index (κ3) is 3.99. The number of nitrogens with two attached hydrogens (primary N) is 2. The Morgan fingerprint density at radius 2 is 1.95 bits per heavy atom. The van der Waals surface area contributed by atoms with Crippen molar-refractivity contribution >= 4 is 33.1 Å². The van der Waals surface area contributed by atoms with Crippen LogP contribution in [0.5, 0.6) is 0 Å². The summed E-state index contributed by atoms with van der Waals surface area (Å²) in [6.07, 6.45) is 0. The van der Waals surface area contributed by atoms with Crippen molar-refractivity contribution in [1.29, 1.82) is 0 Å². The maximum absolute atomic E-state index is 12.1. The first-order chi connectivity index (χ1) is 9.06. The minimum absolute atomic E-state index is 0.0306. The van der Waals surface area contributed by atoms with Gasteiger partial charge in [-0.15, -0.1) is 0 Å². The number of benzene rings is 1. The van der Waals surface area contributed by atoms with Gasteiger partial charge in [-0.05, 0) is 26.0 Å². The Morgan fingerprint density at radius 1 is 1.35 bits per heavy atom. The van der Waals surface area contributed by atoms with Crippen LogP contribution in [-0.4, -0.2) is 25.9 Å². The number of carbonyl (C=O) groups is 1. The number of amides is 1. The number of hydrogen-bond acceptors (Lipinski definition) is 4. The van der Waals surface area contributed by atoms with Gasteiger partial charge in [0.1, 0.15) is 4.99 Å². The topological polar surface area (TPSA) is 115 Å². The van der Waals surface area contributed by atoms with Crippen molar-refractivity contribution in [3.05, 3.63) is 29.8 Å². The molecule has 20 heavy (non-hydrogen) atoms. The van der Waals surface area contributed by atoms with E-state index in [1.165, 1.54) is 12.1 Å². The monoisotopic (exact) mass is 315 g/mol. The number of nitrogens with one attached hydrogen (secondary N) is 1. The third-order valence-corrected chi connectivity index (χ3v) is 4.43. The quantitative estimate of drug-likeness (QED) is 0.644. The number of thiocarbonyl (C=S) groups is 1. The molecule has 1 rings (SSSR count). The van der Waals surface area contributed by atoms with E-state index >= 15 is 0 Å². The molecule has 1 aromatic rings. The molecule has 0 heterocycles. The van der Waals surface area contributed by atoms with Crippen molar-refractivity contribution in [2.24, 2.45) is 16.9 Å². The van der Waals surface area contributed by atoms with Crippen molar-refractivity contribution in [3.8, 4) is 0 Å². The summed E-state index contributed by atoms with van der Waals surface area (Å²) in [6.45, 7) is 3.02. The molecule has 0 unspecified atom stereocenters. The Labute approximate surface area is 123 Å². The highest BCUT2D eigenvalue weighted by molar-refractivity contribution is 7.89. The molecule has 1 aromatic carbocycles. The first-order valence-corrected chi connectivity index (χ1v) is 7.65. The fourth-order valence-electron chi connectivity index (χ4n) is 1.26. The fourth-order valence-corrected chi connectivity index (χ4v) is 2.65. The zero-order valence-corrected chi connectivity index (χ0v) is 12.8. The largest absolute Gasteiger partial charge is 0.389 e. The molecule has 110 valence electrons. The summed E-state index contributed by atoms with van der Waals surface area (Å²) in [5.74, 6) is -0.586. The maximum atomic E-state index is 12.1. The minimum atomic E-state index is -3.76. The lowest BCUT2D eigenvalue weighted by atomic mass is 9.93. The number of sulfonamides is 1. The summed E-state index contributed by atoms with van der Waals surface area (Å²) in [5.41, 5.74) is 10.1. The molecule has 0 aliphatic rings. The summed E-state index contributed by atoms with van der Waals surface area (Å²) in [6, 6.07) is 5.96. The molecule has 8 heteroatoms. The standard InChI is InChI=1S/C12H17N3O3S2/c1-12(2,11(14)16)7-15-20(17,18)9-5-3-4-8(6-9)10(13)19/h3-6,15H,7H2,1-2H3,(H2,13,19)(H2,14,16). The predicted molar refractivity (Wildman–Crippen MR) is 80.5 cm³/mol. The summed E-state index contributed by atoms with van der Waals surface area (Å²) in [7, 11) is -3.76. The molecular weight excluding hydrogens is 298 g/mol. The van der Waals surface area contributed by atoms with Gasteiger partial charge in [0.25, 0.3) is 0 Å². The Bertz CT molecular complexity index is 639.